The van der Waals surface area contributed by atoms with Crippen LogP contribution in [0.25, 0.3) is 0 Å². The normalized spacial score (nSPS) is 13.7. The quantitative estimate of drug-likeness (QED) is 0.600. The summed E-state index contributed by atoms with van der Waals surface area (Å²) in [5.41, 5.74) is -2.02. The summed E-state index contributed by atoms with van der Waals surface area (Å²) >= 11 is 0. The van der Waals surface area contributed by atoms with Crippen molar-refractivity contribution in [3.63, 3.8) is 0 Å². The van der Waals surface area contributed by atoms with Crippen molar-refractivity contribution < 1.29 is 24.2 Å². The predicted octanol–water partition coefficient (Wildman–Crippen LogP) is 0.961. The zero-order valence-corrected chi connectivity index (χ0v) is 10.3. The summed E-state index contributed by atoms with van der Waals surface area (Å²) in [4.78, 5) is 27.2. The number of hydrogen-bond acceptors (Lipinski definition) is 5. The summed E-state index contributed by atoms with van der Waals surface area (Å²) in [5, 5.41) is 9.35. The summed E-state index contributed by atoms with van der Waals surface area (Å²) in [6.45, 7) is 3.33. The molecule has 1 heterocycles. The second kappa shape index (κ2) is 6.11. The van der Waals surface area contributed by atoms with E-state index in [1.54, 1.807) is 13.8 Å². The molecule has 0 radical (unpaired) electrons. The molecule has 0 aromatic carbocycles. The van der Waals surface area contributed by atoms with Gasteiger partial charge in [0.2, 0.25) is 0 Å². The highest BCUT2D eigenvalue weighted by atomic mass is 16.6. The van der Waals surface area contributed by atoms with Crippen LogP contribution in [0.15, 0.2) is 24.5 Å². The number of carbonyl (C=O) groups is 2. The number of ether oxygens (including phenoxy) is 2. The van der Waals surface area contributed by atoms with Crippen LogP contribution in [-0.4, -0.2) is 35.2 Å². The zero-order chi connectivity index (χ0) is 13.6. The van der Waals surface area contributed by atoms with Crippen LogP contribution in [0.1, 0.15) is 19.4 Å². The minimum atomic E-state index is -2.15. The summed E-state index contributed by atoms with van der Waals surface area (Å²) < 4.78 is 9.98. The molecule has 0 saturated heterocycles. The Morgan fingerprint density at radius 1 is 1.39 bits per heavy atom. The standard InChI is InChI=1S/C12H15NO5/c1-3-17-11(16)12(10(14)15,18-4-2)9-6-5-7-13-8-9/h5-8H,3-4H2,1-2H3,(H,14,15). The van der Waals surface area contributed by atoms with Crippen molar-refractivity contribution in [3.8, 4) is 0 Å². The average molecular weight is 253 g/mol. The Balaban J connectivity index is 3.30. The van der Waals surface area contributed by atoms with Gasteiger partial charge in [-0.15, -0.1) is 0 Å². The van der Waals surface area contributed by atoms with Crippen molar-refractivity contribution in [2.75, 3.05) is 13.2 Å². The highest BCUT2D eigenvalue weighted by Crippen LogP contribution is 2.27. The van der Waals surface area contributed by atoms with E-state index in [4.69, 9.17) is 9.47 Å². The highest BCUT2D eigenvalue weighted by Gasteiger charge is 2.51. The average Bonchev–Trinajstić information content (AvgIpc) is 2.36. The van der Waals surface area contributed by atoms with Gasteiger partial charge >= 0.3 is 11.9 Å². The fourth-order valence-electron chi connectivity index (χ4n) is 1.55. The van der Waals surface area contributed by atoms with E-state index in [0.717, 1.165) is 0 Å². The summed E-state index contributed by atoms with van der Waals surface area (Å²) in [7, 11) is 0. The van der Waals surface area contributed by atoms with E-state index in [0.29, 0.717) is 0 Å². The molecule has 1 N–H and O–H groups in total. The first kappa shape index (κ1) is 14.1. The number of hydrogen-bond donors (Lipinski definition) is 1. The summed E-state index contributed by atoms with van der Waals surface area (Å²) in [5.74, 6) is -2.37. The first-order valence-corrected chi connectivity index (χ1v) is 5.54. The number of nitrogens with zero attached hydrogens (tertiary/aromatic N) is 1. The van der Waals surface area contributed by atoms with E-state index in [1.807, 2.05) is 0 Å². The molecule has 0 amide bonds. The Labute approximate surface area is 105 Å². The zero-order valence-electron chi connectivity index (χ0n) is 10.3. The van der Waals surface area contributed by atoms with E-state index < -0.39 is 17.5 Å². The van der Waals surface area contributed by atoms with Gasteiger partial charge in [-0.3, -0.25) is 4.98 Å². The minimum absolute atomic E-state index is 0.0556. The lowest BCUT2D eigenvalue weighted by Gasteiger charge is -2.26. The first-order valence-electron chi connectivity index (χ1n) is 5.54. The van der Waals surface area contributed by atoms with Gasteiger partial charge in [-0.25, -0.2) is 9.59 Å². The second-order valence-electron chi connectivity index (χ2n) is 3.38. The lowest BCUT2D eigenvalue weighted by molar-refractivity contribution is -0.188. The molecule has 0 spiro atoms. The van der Waals surface area contributed by atoms with Gasteiger partial charge in [0.25, 0.3) is 5.60 Å². The Bertz CT molecular complexity index is 420. The third-order valence-corrected chi connectivity index (χ3v) is 2.29. The number of carboxylic acid groups (broad SMARTS) is 1. The Morgan fingerprint density at radius 3 is 2.56 bits per heavy atom. The molecule has 1 atom stereocenters. The minimum Gasteiger partial charge on any atom is -0.478 e. The van der Waals surface area contributed by atoms with Gasteiger partial charge in [-0.1, -0.05) is 6.07 Å². The molecule has 0 fully saturated rings. The second-order valence-corrected chi connectivity index (χ2v) is 3.38. The van der Waals surface area contributed by atoms with Crippen LogP contribution >= 0.6 is 0 Å². The van der Waals surface area contributed by atoms with Crippen molar-refractivity contribution in [1.82, 2.24) is 4.98 Å². The topological polar surface area (TPSA) is 85.7 Å². The number of esters is 1. The van der Waals surface area contributed by atoms with Crippen LogP contribution in [0, 0.1) is 0 Å². The van der Waals surface area contributed by atoms with Gasteiger partial charge in [-0.2, -0.15) is 0 Å². The molecule has 18 heavy (non-hydrogen) atoms. The molecule has 1 unspecified atom stereocenters. The Kier molecular flexibility index (Phi) is 4.79. The fraction of sp³-hybridized carbons (Fsp3) is 0.417. The van der Waals surface area contributed by atoms with Crippen LogP contribution < -0.4 is 0 Å². The molecule has 1 aromatic rings. The third kappa shape index (κ3) is 2.48. The SMILES string of the molecule is CCOC(=O)C(OCC)(C(=O)O)c1cccnc1. The summed E-state index contributed by atoms with van der Waals surface area (Å²) in [6, 6.07) is 3.00. The van der Waals surface area contributed by atoms with Crippen LogP contribution in [0.4, 0.5) is 0 Å². The number of rotatable bonds is 6. The molecule has 1 aromatic heterocycles. The maximum Gasteiger partial charge on any atom is 0.355 e. The molecule has 0 bridgehead atoms. The van der Waals surface area contributed by atoms with Gasteiger partial charge in [0.05, 0.1) is 6.61 Å². The molecule has 0 aliphatic carbocycles. The van der Waals surface area contributed by atoms with Crippen LogP contribution in [0.5, 0.6) is 0 Å². The van der Waals surface area contributed by atoms with Gasteiger partial charge in [0, 0.05) is 24.6 Å². The van der Waals surface area contributed by atoms with E-state index in [9.17, 15) is 14.7 Å². The van der Waals surface area contributed by atoms with Crippen molar-refractivity contribution in [2.24, 2.45) is 0 Å². The summed E-state index contributed by atoms with van der Waals surface area (Å²) in [6.07, 6.45) is 2.76. The fourth-order valence-corrected chi connectivity index (χ4v) is 1.55. The number of aliphatic carboxylic acids is 1. The van der Waals surface area contributed by atoms with Crippen molar-refractivity contribution in [3.05, 3.63) is 30.1 Å². The predicted molar refractivity (Wildman–Crippen MR) is 61.8 cm³/mol. The lowest BCUT2D eigenvalue weighted by Crippen LogP contribution is -2.47. The maximum absolute atomic E-state index is 11.9. The molecule has 0 aliphatic heterocycles. The number of aromatic nitrogens is 1. The van der Waals surface area contributed by atoms with Crippen molar-refractivity contribution in [1.29, 1.82) is 0 Å². The van der Waals surface area contributed by atoms with Gasteiger partial charge in [0.1, 0.15) is 0 Å². The molecule has 98 valence electrons. The van der Waals surface area contributed by atoms with Crippen molar-refractivity contribution >= 4 is 11.9 Å². The van der Waals surface area contributed by atoms with Gasteiger partial charge in [0.15, 0.2) is 0 Å². The number of carboxylic acids is 1. The molecular formula is C12H15NO5. The largest absolute Gasteiger partial charge is 0.478 e. The number of carbonyl (C=O) groups excluding carboxylic acids is 1. The highest BCUT2D eigenvalue weighted by molar-refractivity contribution is 6.03. The molecular weight excluding hydrogens is 238 g/mol. The number of pyridine rings is 1. The smallest absolute Gasteiger partial charge is 0.355 e. The molecule has 0 aliphatic rings. The lowest BCUT2D eigenvalue weighted by atomic mass is 9.95. The molecule has 6 heteroatoms. The van der Waals surface area contributed by atoms with Gasteiger partial charge < -0.3 is 14.6 Å². The Hall–Kier alpha value is -1.95. The van der Waals surface area contributed by atoms with Crippen molar-refractivity contribution in [2.45, 2.75) is 19.4 Å². The van der Waals surface area contributed by atoms with E-state index in [1.165, 1.54) is 24.5 Å². The third-order valence-electron chi connectivity index (χ3n) is 2.29. The van der Waals surface area contributed by atoms with Crippen LogP contribution in [0.2, 0.25) is 0 Å². The van der Waals surface area contributed by atoms with Crippen LogP contribution in [-0.2, 0) is 24.7 Å². The molecule has 6 nitrogen and oxygen atoms in total. The van der Waals surface area contributed by atoms with Crippen LogP contribution in [0.3, 0.4) is 0 Å². The molecule has 1 rings (SSSR count). The monoisotopic (exact) mass is 253 g/mol. The Morgan fingerprint density at radius 2 is 2.11 bits per heavy atom. The van der Waals surface area contributed by atoms with E-state index in [-0.39, 0.29) is 18.8 Å². The first-order chi connectivity index (χ1) is 8.59. The van der Waals surface area contributed by atoms with E-state index in [2.05, 4.69) is 4.98 Å². The maximum atomic E-state index is 11.9. The van der Waals surface area contributed by atoms with Gasteiger partial charge in [-0.05, 0) is 19.9 Å². The van der Waals surface area contributed by atoms with E-state index >= 15 is 0 Å². The molecule has 0 saturated carbocycles.